The number of thiophene rings is 1. The molecule has 0 saturated heterocycles. The molecule has 3 aromatic rings. The first kappa shape index (κ1) is 24.3. The van der Waals surface area contributed by atoms with Gasteiger partial charge in [0.05, 0.1) is 19.5 Å². The highest BCUT2D eigenvalue weighted by molar-refractivity contribution is 7.99. The van der Waals surface area contributed by atoms with Gasteiger partial charge in [-0.25, -0.2) is 4.79 Å². The number of nitrogens with two attached hydrogens (primary N) is 1. The fraction of sp³-hybridized carbons (Fsp3) is 0.286. The fourth-order valence-corrected chi connectivity index (χ4v) is 4.77. The SMILES string of the molecule is CCOC(=O)c1c(-c2ccccc2)csc1NC(=O)C(C)n1c(N)nnc1SCC(=O)OC. The summed E-state index contributed by atoms with van der Waals surface area (Å²) in [5.74, 6) is -1.41. The normalized spacial score (nSPS) is 11.6. The van der Waals surface area contributed by atoms with Gasteiger partial charge in [0.2, 0.25) is 11.9 Å². The molecule has 10 nitrogen and oxygen atoms in total. The molecule has 2 heterocycles. The number of hydrogen-bond donors (Lipinski definition) is 2. The van der Waals surface area contributed by atoms with Crippen LogP contribution >= 0.6 is 23.1 Å². The first-order chi connectivity index (χ1) is 15.9. The van der Waals surface area contributed by atoms with Crippen LogP contribution in [0.3, 0.4) is 0 Å². The van der Waals surface area contributed by atoms with Gasteiger partial charge in [-0.05, 0) is 19.4 Å². The van der Waals surface area contributed by atoms with Gasteiger partial charge in [0, 0.05) is 10.9 Å². The Kier molecular flexibility index (Phi) is 8.06. The molecule has 0 spiro atoms. The predicted octanol–water partition coefficient (Wildman–Crippen LogP) is 3.23. The number of thioether (sulfide) groups is 1. The number of rotatable bonds is 9. The van der Waals surface area contributed by atoms with Crippen LogP contribution in [0, 0.1) is 0 Å². The summed E-state index contributed by atoms with van der Waals surface area (Å²) in [6.45, 7) is 3.53. The quantitative estimate of drug-likeness (QED) is 0.342. The topological polar surface area (TPSA) is 138 Å². The minimum atomic E-state index is -0.822. The number of esters is 2. The zero-order valence-electron chi connectivity index (χ0n) is 18.2. The molecule has 1 atom stereocenters. The molecule has 0 radical (unpaired) electrons. The van der Waals surface area contributed by atoms with Crippen LogP contribution in [0.2, 0.25) is 0 Å². The molecule has 1 amide bonds. The van der Waals surface area contributed by atoms with Crippen molar-refractivity contribution in [1.82, 2.24) is 14.8 Å². The number of nitrogen functional groups attached to an aromatic ring is 1. The van der Waals surface area contributed by atoms with Crippen LogP contribution in [0.5, 0.6) is 0 Å². The average molecular weight is 490 g/mol. The van der Waals surface area contributed by atoms with Crippen molar-refractivity contribution in [1.29, 1.82) is 0 Å². The van der Waals surface area contributed by atoms with Crippen molar-refractivity contribution in [2.45, 2.75) is 25.0 Å². The molecule has 0 aliphatic carbocycles. The number of carbonyl (C=O) groups is 3. The third kappa shape index (κ3) is 5.52. The summed E-state index contributed by atoms with van der Waals surface area (Å²) in [6.07, 6.45) is 0. The van der Waals surface area contributed by atoms with Crippen molar-refractivity contribution < 1.29 is 23.9 Å². The highest BCUT2D eigenvalue weighted by Crippen LogP contribution is 2.37. The fourth-order valence-electron chi connectivity index (χ4n) is 2.95. The number of ether oxygens (including phenoxy) is 2. The number of benzene rings is 1. The number of nitrogens with zero attached hydrogens (tertiary/aromatic N) is 3. The molecule has 0 aliphatic heterocycles. The van der Waals surface area contributed by atoms with Crippen molar-refractivity contribution >= 4 is 51.9 Å². The summed E-state index contributed by atoms with van der Waals surface area (Å²) in [5.41, 5.74) is 7.70. The van der Waals surface area contributed by atoms with Crippen LogP contribution in [-0.4, -0.2) is 52.1 Å². The molecular weight excluding hydrogens is 466 g/mol. The Morgan fingerprint density at radius 3 is 2.64 bits per heavy atom. The van der Waals surface area contributed by atoms with Gasteiger partial charge in [0.1, 0.15) is 16.6 Å². The Morgan fingerprint density at radius 2 is 1.97 bits per heavy atom. The molecule has 0 aliphatic rings. The van der Waals surface area contributed by atoms with Crippen LogP contribution in [0.15, 0.2) is 40.9 Å². The van der Waals surface area contributed by atoms with Crippen molar-refractivity contribution in [3.63, 3.8) is 0 Å². The van der Waals surface area contributed by atoms with E-state index in [9.17, 15) is 14.4 Å². The molecule has 0 fully saturated rings. The van der Waals surface area contributed by atoms with Crippen LogP contribution in [0.4, 0.5) is 10.9 Å². The summed E-state index contributed by atoms with van der Waals surface area (Å²) in [6, 6.07) is 8.54. The van der Waals surface area contributed by atoms with Gasteiger partial charge in [-0.3, -0.25) is 14.2 Å². The molecule has 3 rings (SSSR count). The van der Waals surface area contributed by atoms with Gasteiger partial charge in [-0.15, -0.1) is 21.5 Å². The lowest BCUT2D eigenvalue weighted by atomic mass is 10.0. The van der Waals surface area contributed by atoms with E-state index in [4.69, 9.17) is 10.5 Å². The molecule has 1 unspecified atom stereocenters. The van der Waals surface area contributed by atoms with E-state index in [0.29, 0.717) is 15.7 Å². The summed E-state index contributed by atoms with van der Waals surface area (Å²) < 4.78 is 11.3. The Balaban J connectivity index is 1.87. The van der Waals surface area contributed by atoms with E-state index < -0.39 is 23.9 Å². The predicted molar refractivity (Wildman–Crippen MR) is 126 cm³/mol. The van der Waals surface area contributed by atoms with E-state index in [2.05, 4.69) is 20.3 Å². The summed E-state index contributed by atoms with van der Waals surface area (Å²) >= 11 is 2.27. The van der Waals surface area contributed by atoms with Crippen molar-refractivity contribution in [2.24, 2.45) is 0 Å². The first-order valence-electron chi connectivity index (χ1n) is 9.92. The standard InChI is InChI=1S/C21H23N5O5S2/c1-4-31-19(29)16-14(13-8-6-5-7-9-13)10-32-18(16)23-17(28)12(2)26-20(22)24-25-21(26)33-11-15(27)30-3/h5-10,12H,4,11H2,1-3H3,(H2,22,24)(H,23,28). The third-order valence-corrected chi connectivity index (χ3v) is 6.41. The van der Waals surface area contributed by atoms with E-state index in [-0.39, 0.29) is 23.9 Å². The molecular formula is C21H23N5O5S2. The number of anilines is 2. The zero-order chi connectivity index (χ0) is 24.0. The molecule has 12 heteroatoms. The van der Waals surface area contributed by atoms with Gasteiger partial charge in [0.25, 0.3) is 0 Å². The maximum Gasteiger partial charge on any atom is 0.341 e. The largest absolute Gasteiger partial charge is 0.468 e. The highest BCUT2D eigenvalue weighted by Gasteiger charge is 2.27. The highest BCUT2D eigenvalue weighted by atomic mass is 32.2. The molecule has 0 bridgehead atoms. The van der Waals surface area contributed by atoms with Gasteiger partial charge in [-0.1, -0.05) is 42.1 Å². The molecule has 33 heavy (non-hydrogen) atoms. The Bertz CT molecular complexity index is 1150. The van der Waals surface area contributed by atoms with Crippen LogP contribution < -0.4 is 11.1 Å². The van der Waals surface area contributed by atoms with Gasteiger partial charge in [-0.2, -0.15) is 0 Å². The van der Waals surface area contributed by atoms with Crippen LogP contribution in [0.25, 0.3) is 11.1 Å². The number of methoxy groups -OCH3 is 1. The second-order valence-electron chi connectivity index (χ2n) is 6.68. The third-order valence-electron chi connectivity index (χ3n) is 4.60. The lowest BCUT2D eigenvalue weighted by Gasteiger charge is -2.16. The molecule has 3 N–H and O–H groups in total. The maximum atomic E-state index is 13.1. The van der Waals surface area contributed by atoms with Gasteiger partial charge < -0.3 is 20.5 Å². The van der Waals surface area contributed by atoms with Gasteiger partial charge >= 0.3 is 11.9 Å². The van der Waals surface area contributed by atoms with E-state index in [1.54, 1.807) is 19.2 Å². The Morgan fingerprint density at radius 1 is 1.24 bits per heavy atom. The van der Waals surface area contributed by atoms with Crippen molar-refractivity contribution in [2.75, 3.05) is 30.5 Å². The molecule has 174 valence electrons. The molecule has 2 aromatic heterocycles. The lowest BCUT2D eigenvalue weighted by molar-refractivity contribution is -0.137. The molecule has 1 aromatic carbocycles. The minimum Gasteiger partial charge on any atom is -0.468 e. The van der Waals surface area contributed by atoms with Crippen LogP contribution in [-0.2, 0) is 19.1 Å². The van der Waals surface area contributed by atoms with E-state index >= 15 is 0 Å². The number of amides is 1. The Labute approximate surface area is 198 Å². The Hall–Kier alpha value is -3.38. The molecule has 0 saturated carbocycles. The lowest BCUT2D eigenvalue weighted by Crippen LogP contribution is -2.26. The summed E-state index contributed by atoms with van der Waals surface area (Å²) in [7, 11) is 1.28. The first-order valence-corrected chi connectivity index (χ1v) is 11.8. The van der Waals surface area contributed by atoms with E-state index in [1.807, 2.05) is 30.3 Å². The van der Waals surface area contributed by atoms with E-state index in [1.165, 1.54) is 23.0 Å². The average Bonchev–Trinajstić information content (AvgIpc) is 3.40. The number of hydrogen-bond acceptors (Lipinski definition) is 10. The number of nitrogens with one attached hydrogen (secondary N) is 1. The maximum absolute atomic E-state index is 13.1. The second-order valence-corrected chi connectivity index (χ2v) is 8.50. The number of carbonyl (C=O) groups excluding carboxylic acids is 3. The zero-order valence-corrected chi connectivity index (χ0v) is 19.9. The smallest absolute Gasteiger partial charge is 0.341 e. The van der Waals surface area contributed by atoms with Crippen LogP contribution in [0.1, 0.15) is 30.2 Å². The summed E-state index contributed by atoms with van der Waals surface area (Å²) in [5, 5.41) is 13.0. The van der Waals surface area contributed by atoms with Gasteiger partial charge in [0.15, 0.2) is 5.16 Å². The number of aromatic nitrogens is 3. The van der Waals surface area contributed by atoms with Crippen molar-refractivity contribution in [3.05, 3.63) is 41.3 Å². The minimum absolute atomic E-state index is 0.0126. The monoisotopic (exact) mass is 489 g/mol. The van der Waals surface area contributed by atoms with E-state index in [0.717, 1.165) is 17.3 Å². The second kappa shape index (κ2) is 11.0. The summed E-state index contributed by atoms with van der Waals surface area (Å²) in [4.78, 5) is 37.3. The van der Waals surface area contributed by atoms with Crippen molar-refractivity contribution in [3.8, 4) is 11.1 Å².